The molecular weight excluding hydrogens is 190 g/mol. The summed E-state index contributed by atoms with van der Waals surface area (Å²) in [6.45, 7) is 2.10. The van der Waals surface area contributed by atoms with E-state index in [1.807, 2.05) is 30.3 Å². The lowest BCUT2D eigenvalue weighted by atomic mass is 10.1. The first kappa shape index (κ1) is 9.81. The third-order valence-electron chi connectivity index (χ3n) is 2.29. The maximum Gasteiger partial charge on any atom is 0.174 e. The van der Waals surface area contributed by atoms with E-state index in [0.29, 0.717) is 6.04 Å². The van der Waals surface area contributed by atoms with Crippen molar-refractivity contribution >= 4 is 5.69 Å². The molecule has 1 aliphatic rings. The average molecular weight is 203 g/mol. The summed E-state index contributed by atoms with van der Waals surface area (Å²) in [7, 11) is 0. The number of hydrogen-bond acceptors (Lipinski definition) is 4. The zero-order valence-corrected chi connectivity index (χ0v) is 8.36. The van der Waals surface area contributed by atoms with Gasteiger partial charge < -0.3 is 15.4 Å². The zero-order valence-electron chi connectivity index (χ0n) is 8.36. The molecule has 1 fully saturated rings. The Kier molecular flexibility index (Phi) is 3.05. The summed E-state index contributed by atoms with van der Waals surface area (Å²) in [5, 5.41) is 15.0. The van der Waals surface area contributed by atoms with Crippen LogP contribution in [0.5, 0.6) is 5.75 Å². The van der Waals surface area contributed by atoms with E-state index in [-0.39, 0.29) is 6.61 Å². The smallest absolute Gasteiger partial charge is 0.174 e. The molecule has 4 nitrogen and oxygen atoms in total. The van der Waals surface area contributed by atoms with Crippen LogP contribution in [-0.4, -0.2) is 25.7 Å². The molecule has 1 aromatic carbocycles. The fraction of sp³-hybridized carbons (Fsp3) is 0.364. The van der Waals surface area contributed by atoms with Gasteiger partial charge in [-0.05, 0) is 12.1 Å². The molecule has 1 aromatic rings. The van der Waals surface area contributed by atoms with Gasteiger partial charge in [0.1, 0.15) is 11.8 Å². The number of nitriles is 1. The third-order valence-corrected chi connectivity index (χ3v) is 2.29. The fourth-order valence-corrected chi connectivity index (χ4v) is 1.42. The maximum absolute atomic E-state index is 8.39. The minimum Gasteiger partial charge on any atom is -0.479 e. The van der Waals surface area contributed by atoms with Crippen LogP contribution in [0.25, 0.3) is 0 Å². The molecule has 0 saturated carbocycles. The summed E-state index contributed by atoms with van der Waals surface area (Å²) in [6.07, 6.45) is 0. The summed E-state index contributed by atoms with van der Waals surface area (Å²) in [4.78, 5) is 0. The molecule has 1 saturated heterocycles. The van der Waals surface area contributed by atoms with Crippen molar-refractivity contribution < 1.29 is 4.74 Å². The van der Waals surface area contributed by atoms with E-state index in [1.165, 1.54) is 0 Å². The van der Waals surface area contributed by atoms with Gasteiger partial charge in [0, 0.05) is 24.8 Å². The Bertz CT molecular complexity index is 368. The van der Waals surface area contributed by atoms with Gasteiger partial charge in [-0.3, -0.25) is 0 Å². The number of nitrogens with zero attached hydrogens (tertiary/aromatic N) is 1. The second-order valence-corrected chi connectivity index (χ2v) is 3.47. The van der Waals surface area contributed by atoms with Crippen molar-refractivity contribution in [2.75, 3.05) is 25.0 Å². The molecule has 1 heterocycles. The second kappa shape index (κ2) is 4.67. The van der Waals surface area contributed by atoms with Gasteiger partial charge in [0.25, 0.3) is 0 Å². The summed E-state index contributed by atoms with van der Waals surface area (Å²) in [5.74, 6) is 0.730. The summed E-state index contributed by atoms with van der Waals surface area (Å²) in [6, 6.07) is 10.1. The molecule has 0 aliphatic carbocycles. The molecule has 0 aromatic heterocycles. The van der Waals surface area contributed by atoms with Crippen LogP contribution in [-0.2, 0) is 0 Å². The molecule has 15 heavy (non-hydrogen) atoms. The molecule has 4 heteroatoms. The van der Waals surface area contributed by atoms with Crippen molar-refractivity contribution in [1.29, 1.82) is 5.26 Å². The van der Waals surface area contributed by atoms with Gasteiger partial charge in [-0.2, -0.15) is 5.26 Å². The molecule has 1 aliphatic heterocycles. The van der Waals surface area contributed by atoms with Crippen molar-refractivity contribution in [3.05, 3.63) is 24.3 Å². The van der Waals surface area contributed by atoms with Gasteiger partial charge in [-0.1, -0.05) is 6.07 Å². The van der Waals surface area contributed by atoms with Crippen molar-refractivity contribution in [3.63, 3.8) is 0 Å². The molecule has 0 unspecified atom stereocenters. The van der Waals surface area contributed by atoms with E-state index < -0.39 is 0 Å². The Morgan fingerprint density at radius 2 is 2.40 bits per heavy atom. The molecule has 0 bridgehead atoms. The Hall–Kier alpha value is -1.73. The molecular formula is C11H13N3O. The quantitative estimate of drug-likeness (QED) is 0.765. The highest BCUT2D eigenvalue weighted by atomic mass is 16.5. The van der Waals surface area contributed by atoms with E-state index in [4.69, 9.17) is 10.00 Å². The number of nitrogens with one attached hydrogen (secondary N) is 2. The number of benzene rings is 1. The first-order chi connectivity index (χ1) is 7.38. The van der Waals surface area contributed by atoms with E-state index in [0.717, 1.165) is 24.5 Å². The Labute approximate surface area is 88.9 Å². The summed E-state index contributed by atoms with van der Waals surface area (Å²) in [5.41, 5.74) is 1.04. The molecule has 0 spiro atoms. The summed E-state index contributed by atoms with van der Waals surface area (Å²) >= 11 is 0. The normalized spacial score (nSPS) is 15.1. The highest BCUT2D eigenvalue weighted by Crippen LogP contribution is 2.18. The van der Waals surface area contributed by atoms with E-state index in [9.17, 15) is 0 Å². The lowest BCUT2D eigenvalue weighted by molar-refractivity contribution is 0.368. The first-order valence-electron chi connectivity index (χ1n) is 4.95. The highest BCUT2D eigenvalue weighted by Gasteiger charge is 2.15. The molecule has 0 radical (unpaired) electrons. The number of rotatable bonds is 4. The van der Waals surface area contributed by atoms with Crippen molar-refractivity contribution in [3.8, 4) is 11.8 Å². The minimum atomic E-state index is 0.0917. The average Bonchev–Trinajstić information content (AvgIpc) is 2.21. The van der Waals surface area contributed by atoms with Crippen LogP contribution in [0.15, 0.2) is 24.3 Å². The number of anilines is 1. The number of hydrogen-bond donors (Lipinski definition) is 2. The van der Waals surface area contributed by atoms with Gasteiger partial charge >= 0.3 is 0 Å². The third kappa shape index (κ3) is 2.61. The number of ether oxygens (including phenoxy) is 1. The van der Waals surface area contributed by atoms with Crippen LogP contribution in [0, 0.1) is 11.3 Å². The Morgan fingerprint density at radius 1 is 1.53 bits per heavy atom. The summed E-state index contributed by atoms with van der Waals surface area (Å²) < 4.78 is 5.21. The largest absolute Gasteiger partial charge is 0.479 e. The topological polar surface area (TPSA) is 57.1 Å². The monoisotopic (exact) mass is 203 g/mol. The second-order valence-electron chi connectivity index (χ2n) is 3.47. The van der Waals surface area contributed by atoms with Gasteiger partial charge in [-0.15, -0.1) is 0 Å². The minimum absolute atomic E-state index is 0.0917. The SMILES string of the molecule is N#CCOc1cccc(NC2CNC2)c1. The molecule has 0 atom stereocenters. The van der Waals surface area contributed by atoms with Crippen LogP contribution >= 0.6 is 0 Å². The maximum atomic E-state index is 8.39. The van der Waals surface area contributed by atoms with Crippen molar-refractivity contribution in [2.24, 2.45) is 0 Å². The van der Waals surface area contributed by atoms with Crippen LogP contribution in [0.3, 0.4) is 0 Å². The first-order valence-corrected chi connectivity index (χ1v) is 4.95. The van der Waals surface area contributed by atoms with Crippen LogP contribution in [0.4, 0.5) is 5.69 Å². The van der Waals surface area contributed by atoms with Crippen LogP contribution < -0.4 is 15.4 Å². The van der Waals surface area contributed by atoms with Gasteiger partial charge in [0.05, 0.1) is 6.04 Å². The molecule has 0 amide bonds. The van der Waals surface area contributed by atoms with Crippen molar-refractivity contribution in [2.45, 2.75) is 6.04 Å². The van der Waals surface area contributed by atoms with E-state index in [2.05, 4.69) is 10.6 Å². The highest BCUT2D eigenvalue weighted by molar-refractivity contribution is 5.49. The lowest BCUT2D eigenvalue weighted by Gasteiger charge is -2.29. The molecule has 2 rings (SSSR count). The van der Waals surface area contributed by atoms with Crippen LogP contribution in [0.2, 0.25) is 0 Å². The molecule has 2 N–H and O–H groups in total. The predicted molar refractivity (Wildman–Crippen MR) is 57.8 cm³/mol. The van der Waals surface area contributed by atoms with Gasteiger partial charge in [0.2, 0.25) is 0 Å². The zero-order chi connectivity index (χ0) is 10.5. The molecule has 78 valence electrons. The fourth-order valence-electron chi connectivity index (χ4n) is 1.42. The predicted octanol–water partition coefficient (Wildman–Crippen LogP) is 0.973. The van der Waals surface area contributed by atoms with Gasteiger partial charge in [-0.25, -0.2) is 0 Å². The standard InChI is InChI=1S/C11H13N3O/c12-4-5-15-11-3-1-2-9(6-11)14-10-7-13-8-10/h1-3,6,10,13-14H,5,7-8H2. The Morgan fingerprint density at radius 3 is 3.07 bits per heavy atom. The van der Waals surface area contributed by atoms with E-state index >= 15 is 0 Å². The van der Waals surface area contributed by atoms with Crippen molar-refractivity contribution in [1.82, 2.24) is 5.32 Å². The lowest BCUT2D eigenvalue weighted by Crippen LogP contribution is -2.51. The van der Waals surface area contributed by atoms with E-state index in [1.54, 1.807) is 0 Å². The van der Waals surface area contributed by atoms with Crippen LogP contribution in [0.1, 0.15) is 0 Å². The van der Waals surface area contributed by atoms with Gasteiger partial charge in [0.15, 0.2) is 6.61 Å². The Balaban J connectivity index is 1.95.